The first-order valence-electron chi connectivity index (χ1n) is 4.91. The molecule has 0 aromatic heterocycles. The van der Waals surface area contributed by atoms with E-state index in [1.54, 1.807) is 20.8 Å². The van der Waals surface area contributed by atoms with Crippen molar-refractivity contribution < 1.29 is 14.0 Å². The average molecular weight is 223 g/mol. The molecule has 1 rings (SSSR count). The summed E-state index contributed by atoms with van der Waals surface area (Å²) in [6, 6.07) is 4.12. The van der Waals surface area contributed by atoms with E-state index in [0.717, 1.165) is 0 Å². The Morgan fingerprint density at radius 3 is 2.50 bits per heavy atom. The van der Waals surface area contributed by atoms with E-state index in [2.05, 4.69) is 5.32 Å². The molecule has 0 heterocycles. The molecule has 4 heteroatoms. The van der Waals surface area contributed by atoms with Crippen LogP contribution >= 0.6 is 0 Å². The second-order valence-corrected chi connectivity index (χ2v) is 4.52. The van der Waals surface area contributed by atoms with Gasteiger partial charge in [0.1, 0.15) is 5.82 Å². The molecule has 0 aliphatic rings. The SMILES string of the molecule is CC(C)(C)C(=O)Nc1cccc(F)c1C=O. The summed E-state index contributed by atoms with van der Waals surface area (Å²) in [5.74, 6) is -0.900. The zero-order chi connectivity index (χ0) is 12.3. The van der Waals surface area contributed by atoms with Crippen molar-refractivity contribution >= 4 is 17.9 Å². The predicted octanol–water partition coefficient (Wildman–Crippen LogP) is 2.62. The van der Waals surface area contributed by atoms with Crippen LogP contribution in [0, 0.1) is 11.2 Å². The molecule has 0 aliphatic heterocycles. The number of halogens is 1. The van der Waals surface area contributed by atoms with Crippen LogP contribution in [0.3, 0.4) is 0 Å². The topological polar surface area (TPSA) is 46.2 Å². The minimum atomic E-state index is -0.637. The molecule has 1 aromatic rings. The van der Waals surface area contributed by atoms with Crippen LogP contribution in [-0.4, -0.2) is 12.2 Å². The molecule has 86 valence electrons. The first-order valence-corrected chi connectivity index (χ1v) is 4.91. The summed E-state index contributed by atoms with van der Waals surface area (Å²) >= 11 is 0. The molecule has 0 spiro atoms. The lowest BCUT2D eigenvalue weighted by Crippen LogP contribution is -2.28. The van der Waals surface area contributed by atoms with Gasteiger partial charge in [-0.2, -0.15) is 0 Å². The van der Waals surface area contributed by atoms with E-state index in [-0.39, 0.29) is 17.2 Å². The standard InChI is InChI=1S/C12H14FNO2/c1-12(2,3)11(16)14-10-6-4-5-9(13)8(10)7-15/h4-7H,1-3H3,(H,14,16). The number of hydrogen-bond acceptors (Lipinski definition) is 2. The van der Waals surface area contributed by atoms with Crippen molar-refractivity contribution in [3.05, 3.63) is 29.6 Å². The minimum absolute atomic E-state index is 0.125. The summed E-state index contributed by atoms with van der Waals surface area (Å²) in [7, 11) is 0. The largest absolute Gasteiger partial charge is 0.325 e. The van der Waals surface area contributed by atoms with Crippen molar-refractivity contribution in [1.82, 2.24) is 0 Å². The number of benzene rings is 1. The van der Waals surface area contributed by atoms with E-state index in [4.69, 9.17) is 0 Å². The van der Waals surface area contributed by atoms with E-state index in [1.807, 2.05) is 0 Å². The summed E-state index contributed by atoms with van der Waals surface area (Å²) in [6.45, 7) is 5.21. The number of anilines is 1. The third-order valence-corrected chi connectivity index (χ3v) is 2.10. The molecule has 0 aliphatic carbocycles. The highest BCUT2D eigenvalue weighted by Gasteiger charge is 2.22. The fourth-order valence-electron chi connectivity index (χ4n) is 1.08. The van der Waals surface area contributed by atoms with Gasteiger partial charge >= 0.3 is 0 Å². The van der Waals surface area contributed by atoms with Crippen molar-refractivity contribution in [2.24, 2.45) is 5.41 Å². The van der Waals surface area contributed by atoms with Gasteiger partial charge in [-0.3, -0.25) is 9.59 Å². The third-order valence-electron chi connectivity index (χ3n) is 2.10. The minimum Gasteiger partial charge on any atom is -0.325 e. The Labute approximate surface area is 93.7 Å². The van der Waals surface area contributed by atoms with E-state index in [0.29, 0.717) is 6.29 Å². The van der Waals surface area contributed by atoms with Crippen LogP contribution in [0.2, 0.25) is 0 Å². The highest BCUT2D eigenvalue weighted by Crippen LogP contribution is 2.21. The quantitative estimate of drug-likeness (QED) is 0.783. The van der Waals surface area contributed by atoms with Gasteiger partial charge in [-0.1, -0.05) is 26.8 Å². The molecule has 0 unspecified atom stereocenters. The number of hydrogen-bond donors (Lipinski definition) is 1. The second-order valence-electron chi connectivity index (χ2n) is 4.52. The molecule has 0 bridgehead atoms. The fourth-order valence-corrected chi connectivity index (χ4v) is 1.08. The first kappa shape index (κ1) is 12.4. The van der Waals surface area contributed by atoms with Crippen LogP contribution in [0.4, 0.5) is 10.1 Å². The van der Waals surface area contributed by atoms with Crippen LogP contribution in [-0.2, 0) is 4.79 Å². The molecular weight excluding hydrogens is 209 g/mol. The smallest absolute Gasteiger partial charge is 0.229 e. The molecule has 0 saturated carbocycles. The van der Waals surface area contributed by atoms with Crippen LogP contribution in [0.5, 0.6) is 0 Å². The molecule has 16 heavy (non-hydrogen) atoms. The average Bonchev–Trinajstić information content (AvgIpc) is 2.16. The lowest BCUT2D eigenvalue weighted by atomic mass is 9.95. The zero-order valence-electron chi connectivity index (χ0n) is 9.50. The molecule has 0 radical (unpaired) electrons. The van der Waals surface area contributed by atoms with Gasteiger partial charge in [0.2, 0.25) is 5.91 Å². The first-order chi connectivity index (χ1) is 7.36. The molecule has 1 N–H and O–H groups in total. The zero-order valence-corrected chi connectivity index (χ0v) is 9.50. The van der Waals surface area contributed by atoms with Gasteiger partial charge in [0.15, 0.2) is 6.29 Å². The third kappa shape index (κ3) is 2.66. The number of carbonyl (C=O) groups is 2. The molecule has 1 aromatic carbocycles. The number of amides is 1. The summed E-state index contributed by atoms with van der Waals surface area (Å²) in [5, 5.41) is 2.53. The molecule has 0 saturated heterocycles. The number of carbonyl (C=O) groups excluding carboxylic acids is 2. The molecular formula is C12H14FNO2. The van der Waals surface area contributed by atoms with E-state index in [1.165, 1.54) is 18.2 Å². The predicted molar refractivity (Wildman–Crippen MR) is 59.9 cm³/mol. The van der Waals surface area contributed by atoms with Crippen molar-refractivity contribution in [3.8, 4) is 0 Å². The van der Waals surface area contributed by atoms with E-state index in [9.17, 15) is 14.0 Å². The van der Waals surface area contributed by atoms with Crippen molar-refractivity contribution in [1.29, 1.82) is 0 Å². The summed E-state index contributed by atoms with van der Waals surface area (Å²) in [4.78, 5) is 22.4. The summed E-state index contributed by atoms with van der Waals surface area (Å²) in [5.41, 5.74) is -0.512. The van der Waals surface area contributed by atoms with Gasteiger partial charge in [-0.25, -0.2) is 4.39 Å². The Bertz CT molecular complexity index is 422. The second kappa shape index (κ2) is 4.43. The van der Waals surface area contributed by atoms with Gasteiger partial charge in [0, 0.05) is 5.41 Å². The van der Waals surface area contributed by atoms with Gasteiger partial charge in [-0.15, -0.1) is 0 Å². The normalized spacial score (nSPS) is 11.0. The van der Waals surface area contributed by atoms with Crippen LogP contribution in [0.25, 0.3) is 0 Å². The lowest BCUT2D eigenvalue weighted by molar-refractivity contribution is -0.123. The van der Waals surface area contributed by atoms with Gasteiger partial charge in [0.05, 0.1) is 11.3 Å². The Hall–Kier alpha value is -1.71. The maximum atomic E-state index is 13.2. The fraction of sp³-hybridized carbons (Fsp3) is 0.333. The highest BCUT2D eigenvalue weighted by atomic mass is 19.1. The van der Waals surface area contributed by atoms with Crippen molar-refractivity contribution in [2.45, 2.75) is 20.8 Å². The number of rotatable bonds is 2. The highest BCUT2D eigenvalue weighted by molar-refractivity contribution is 5.98. The Morgan fingerprint density at radius 2 is 2.00 bits per heavy atom. The van der Waals surface area contributed by atoms with Gasteiger partial charge in [-0.05, 0) is 12.1 Å². The molecule has 3 nitrogen and oxygen atoms in total. The monoisotopic (exact) mass is 223 g/mol. The number of aldehydes is 1. The van der Waals surface area contributed by atoms with Gasteiger partial charge in [0.25, 0.3) is 0 Å². The Balaban J connectivity index is 3.03. The maximum absolute atomic E-state index is 13.2. The summed E-state index contributed by atoms with van der Waals surface area (Å²) in [6.07, 6.45) is 0.396. The molecule has 0 atom stereocenters. The van der Waals surface area contributed by atoms with Crippen molar-refractivity contribution in [3.63, 3.8) is 0 Å². The lowest BCUT2D eigenvalue weighted by Gasteiger charge is -2.18. The number of nitrogens with one attached hydrogen (secondary N) is 1. The maximum Gasteiger partial charge on any atom is 0.229 e. The molecule has 0 fully saturated rings. The van der Waals surface area contributed by atoms with Crippen LogP contribution < -0.4 is 5.32 Å². The van der Waals surface area contributed by atoms with Gasteiger partial charge < -0.3 is 5.32 Å². The Morgan fingerprint density at radius 1 is 1.38 bits per heavy atom. The van der Waals surface area contributed by atoms with E-state index < -0.39 is 11.2 Å². The van der Waals surface area contributed by atoms with Crippen LogP contribution in [0.15, 0.2) is 18.2 Å². The summed E-state index contributed by atoms with van der Waals surface area (Å²) < 4.78 is 13.2. The van der Waals surface area contributed by atoms with E-state index >= 15 is 0 Å². The Kier molecular flexibility index (Phi) is 3.42. The van der Waals surface area contributed by atoms with Crippen LogP contribution in [0.1, 0.15) is 31.1 Å². The molecule has 1 amide bonds. The van der Waals surface area contributed by atoms with Crippen molar-refractivity contribution in [2.75, 3.05) is 5.32 Å².